The van der Waals surface area contributed by atoms with E-state index in [1.54, 1.807) is 24.3 Å². The molecule has 2 heterocycles. The Kier molecular flexibility index (Phi) is 4.56. The second kappa shape index (κ2) is 6.23. The summed E-state index contributed by atoms with van der Waals surface area (Å²) in [4.78, 5) is 4.09. The van der Waals surface area contributed by atoms with Crippen LogP contribution in [0.4, 0.5) is 14.1 Å². The number of nitrogen functional groups attached to an aromatic ring is 1. The number of nitrogens with two attached hydrogens (primary N) is 1. The molecule has 0 unspecified atom stereocenters. The van der Waals surface area contributed by atoms with Crippen LogP contribution in [-0.4, -0.2) is 16.1 Å². The number of nitrogens with zero attached hydrogens (tertiary/aromatic N) is 2. The Bertz CT molecular complexity index is 820. The Hall–Kier alpha value is -2.28. The van der Waals surface area contributed by atoms with Crippen LogP contribution < -0.4 is 10.5 Å². The van der Waals surface area contributed by atoms with Crippen molar-refractivity contribution in [1.29, 1.82) is 0 Å². The van der Waals surface area contributed by atoms with Crippen molar-refractivity contribution in [3.05, 3.63) is 42.3 Å². The van der Waals surface area contributed by atoms with E-state index in [0.29, 0.717) is 22.3 Å². The quantitative estimate of drug-likeness (QED) is 0.773. The number of hydrogen-bond donors (Lipinski definition) is 1. The summed E-state index contributed by atoms with van der Waals surface area (Å²) in [6.07, 6.45) is 1.47. The van der Waals surface area contributed by atoms with Gasteiger partial charge in [-0.05, 0) is 24.3 Å². The molecule has 7 heteroatoms. The molecule has 0 amide bonds. The number of halogens is 2. The minimum Gasteiger partial charge on any atom is -0.496 e. The molecule has 3 aromatic rings. The van der Waals surface area contributed by atoms with Crippen LogP contribution in [0.1, 0.15) is 7.43 Å². The number of rotatable bonds is 3. The number of pyridine rings is 1. The molecule has 22 heavy (non-hydrogen) atoms. The van der Waals surface area contributed by atoms with Gasteiger partial charge in [0, 0.05) is 17.1 Å². The van der Waals surface area contributed by atoms with Crippen LogP contribution in [-0.2, 0) is 0 Å². The summed E-state index contributed by atoms with van der Waals surface area (Å²) in [5.74, 6) is 0.187. The summed E-state index contributed by atoms with van der Waals surface area (Å²) in [5, 5.41) is 0.595. The molecule has 0 fully saturated rings. The molecule has 4 nitrogen and oxygen atoms in total. The predicted molar refractivity (Wildman–Crippen MR) is 86.9 cm³/mol. The molecule has 0 bridgehead atoms. The fraction of sp³-hybridized carbons (Fsp3) is 0.133. The average Bonchev–Trinajstić information content (AvgIpc) is 2.84. The molecule has 0 atom stereocenters. The predicted octanol–water partition coefficient (Wildman–Crippen LogP) is 4.45. The number of anilines is 1. The van der Waals surface area contributed by atoms with Crippen LogP contribution in [0.3, 0.4) is 0 Å². The maximum atomic E-state index is 14.2. The van der Waals surface area contributed by atoms with Crippen molar-refractivity contribution in [3.63, 3.8) is 0 Å². The lowest BCUT2D eigenvalue weighted by molar-refractivity contribution is 0.413. The third-order valence-electron chi connectivity index (χ3n) is 3.18. The Balaban J connectivity index is 0.00000176. The zero-order valence-corrected chi connectivity index (χ0v) is 11.8. The Morgan fingerprint density at radius 2 is 2.05 bits per heavy atom. The molecule has 0 radical (unpaired) electrons. The Morgan fingerprint density at radius 1 is 1.27 bits per heavy atom. The molecule has 0 aliphatic carbocycles. The number of ether oxygens (including phenoxy) is 1. The van der Waals surface area contributed by atoms with Crippen molar-refractivity contribution in [2.45, 2.75) is 7.43 Å². The highest BCUT2D eigenvalue weighted by Gasteiger charge is 2.19. The molecule has 0 saturated heterocycles. The Morgan fingerprint density at radius 3 is 2.73 bits per heavy atom. The van der Waals surface area contributed by atoms with E-state index >= 15 is 0 Å². The van der Waals surface area contributed by atoms with Crippen LogP contribution in [0.5, 0.6) is 5.75 Å². The minimum absolute atomic E-state index is 0. The van der Waals surface area contributed by atoms with E-state index in [0.717, 1.165) is 0 Å². The van der Waals surface area contributed by atoms with Gasteiger partial charge in [0.05, 0.1) is 12.7 Å². The van der Waals surface area contributed by atoms with Crippen molar-refractivity contribution in [2.75, 3.05) is 12.8 Å². The first-order valence-corrected chi connectivity index (χ1v) is 6.72. The number of fused-ring (bicyclic) bond motifs is 1. The highest BCUT2D eigenvalue weighted by molar-refractivity contribution is 7.92. The molecule has 2 N–H and O–H groups in total. The maximum Gasteiger partial charge on any atom is 0.171 e. The number of methoxy groups -OCH3 is 1. The van der Waals surface area contributed by atoms with Gasteiger partial charge in [0.2, 0.25) is 0 Å². The highest BCUT2D eigenvalue weighted by Crippen LogP contribution is 2.39. The van der Waals surface area contributed by atoms with Crippen LogP contribution in [0.15, 0.2) is 36.5 Å². The fourth-order valence-electron chi connectivity index (χ4n) is 2.28. The molecular weight excluding hydrogens is 308 g/mol. The molecule has 0 aliphatic rings. The van der Waals surface area contributed by atoms with Gasteiger partial charge in [0.1, 0.15) is 17.4 Å². The van der Waals surface area contributed by atoms with Gasteiger partial charge >= 0.3 is 0 Å². The van der Waals surface area contributed by atoms with Gasteiger partial charge in [-0.15, -0.1) is 3.89 Å². The highest BCUT2D eigenvalue weighted by atomic mass is 32.2. The number of benzene rings is 1. The second-order valence-corrected chi connectivity index (χ2v) is 4.89. The molecule has 2 aromatic heterocycles. The van der Waals surface area contributed by atoms with Crippen LogP contribution in [0.25, 0.3) is 22.2 Å². The van der Waals surface area contributed by atoms with Crippen LogP contribution in [0, 0.1) is 5.82 Å². The van der Waals surface area contributed by atoms with Gasteiger partial charge in [-0.25, -0.2) is 13.3 Å². The summed E-state index contributed by atoms with van der Waals surface area (Å²) in [6, 6.07) is 7.80. The third kappa shape index (κ3) is 2.48. The first-order chi connectivity index (χ1) is 10.2. The van der Waals surface area contributed by atoms with Crippen molar-refractivity contribution in [2.24, 2.45) is 0 Å². The minimum atomic E-state index is -0.450. The maximum absolute atomic E-state index is 14.2. The van der Waals surface area contributed by atoms with Crippen LogP contribution in [0.2, 0.25) is 0 Å². The largest absolute Gasteiger partial charge is 0.496 e. The average molecular weight is 323 g/mol. The normalized spacial score (nSPS) is 10.5. The van der Waals surface area contributed by atoms with Gasteiger partial charge in [0.25, 0.3) is 0 Å². The number of aromatic nitrogens is 2. The molecule has 0 saturated carbocycles. The van der Waals surface area contributed by atoms with Gasteiger partial charge < -0.3 is 10.5 Å². The van der Waals surface area contributed by atoms with Gasteiger partial charge in [-0.1, -0.05) is 13.5 Å². The topological polar surface area (TPSA) is 53.1 Å². The van der Waals surface area contributed by atoms with Crippen molar-refractivity contribution in [3.8, 4) is 16.9 Å². The zero-order valence-electron chi connectivity index (χ0n) is 11.0. The molecular formula is C15H15F2N3OS. The smallest absolute Gasteiger partial charge is 0.171 e. The lowest BCUT2D eigenvalue weighted by Gasteiger charge is -2.08. The molecule has 1 aromatic carbocycles. The molecule has 116 valence electrons. The van der Waals surface area contributed by atoms with E-state index in [-0.39, 0.29) is 31.1 Å². The second-order valence-electron chi connectivity index (χ2n) is 4.36. The van der Waals surface area contributed by atoms with E-state index in [2.05, 4.69) is 4.98 Å². The summed E-state index contributed by atoms with van der Waals surface area (Å²) >= 11 is -0.0228. The fourth-order valence-corrected chi connectivity index (χ4v) is 2.63. The van der Waals surface area contributed by atoms with E-state index in [1.807, 2.05) is 0 Å². The standard InChI is InChI=1S/C14H11F2N3OS.CH4/c1-20-11-4-2-3-10(15)13(11)9-7-19(21-16)14-8(9)5-6-12(17)18-14;/h2-7H,1H3,(H2,17,18);1H4. The van der Waals surface area contributed by atoms with Gasteiger partial charge in [0.15, 0.2) is 18.0 Å². The summed E-state index contributed by atoms with van der Waals surface area (Å²) < 4.78 is 33.7. The van der Waals surface area contributed by atoms with E-state index in [1.165, 1.54) is 23.3 Å². The lowest BCUT2D eigenvalue weighted by atomic mass is 10.0. The van der Waals surface area contributed by atoms with Crippen molar-refractivity contribution < 1.29 is 13.0 Å². The molecule has 0 aliphatic heterocycles. The van der Waals surface area contributed by atoms with E-state index in [4.69, 9.17) is 10.5 Å². The first-order valence-electron chi connectivity index (χ1n) is 6.05. The summed E-state index contributed by atoms with van der Waals surface area (Å²) in [6.45, 7) is 0. The molecule has 3 rings (SSSR count). The summed E-state index contributed by atoms with van der Waals surface area (Å²) in [7, 11) is 1.46. The zero-order chi connectivity index (χ0) is 15.0. The monoisotopic (exact) mass is 323 g/mol. The summed E-state index contributed by atoms with van der Waals surface area (Å²) in [5.41, 5.74) is 6.73. The lowest BCUT2D eigenvalue weighted by Crippen LogP contribution is -1.92. The molecule has 0 spiro atoms. The van der Waals surface area contributed by atoms with E-state index < -0.39 is 5.82 Å². The SMILES string of the molecule is C.COc1cccc(F)c1-c1cn(SF)c2nc(N)ccc12. The van der Waals surface area contributed by atoms with Crippen molar-refractivity contribution >= 4 is 29.2 Å². The van der Waals surface area contributed by atoms with Gasteiger partial charge in [-0.3, -0.25) is 0 Å². The third-order valence-corrected chi connectivity index (χ3v) is 3.61. The van der Waals surface area contributed by atoms with Gasteiger partial charge in [-0.2, -0.15) is 0 Å². The Labute approximate surface area is 131 Å². The number of hydrogen-bond acceptors (Lipinski definition) is 4. The van der Waals surface area contributed by atoms with Crippen molar-refractivity contribution in [1.82, 2.24) is 8.96 Å². The van der Waals surface area contributed by atoms with Crippen LogP contribution >= 0.6 is 12.3 Å². The first kappa shape index (κ1) is 16.1. The van der Waals surface area contributed by atoms with E-state index in [9.17, 15) is 8.28 Å².